The van der Waals surface area contributed by atoms with Gasteiger partial charge in [-0.3, -0.25) is 23.0 Å². The second kappa shape index (κ2) is 17.0. The van der Waals surface area contributed by atoms with Crippen LogP contribution in [-0.4, -0.2) is 123 Å². The maximum absolute atomic E-state index is 12.6. The van der Waals surface area contributed by atoms with Crippen LogP contribution in [0.4, 0.5) is 5.82 Å². The number of nitrogens with two attached hydrogens (primary N) is 1. The van der Waals surface area contributed by atoms with Crippen molar-refractivity contribution < 1.29 is 95.2 Å². The fourth-order valence-corrected chi connectivity index (χ4v) is 8.25. The van der Waals surface area contributed by atoms with Gasteiger partial charge in [0.15, 0.2) is 36.2 Å². The molecule has 2 fully saturated rings. The molecule has 2 unspecified atom stereocenters. The Morgan fingerprint density at radius 3 is 2.38 bits per heavy atom. The number of anilines is 1. The van der Waals surface area contributed by atoms with Crippen molar-refractivity contribution in [3.8, 4) is 0 Å². The average Bonchev–Trinajstić information content (AvgIpc) is 3.73. The van der Waals surface area contributed by atoms with Crippen LogP contribution in [0, 0.1) is 0 Å². The maximum Gasteiger partial charge on any atom is 0.478 e. The van der Waals surface area contributed by atoms with Gasteiger partial charge in [0.1, 0.15) is 47.9 Å². The fourth-order valence-electron chi connectivity index (χ4n) is 5.65. The van der Waals surface area contributed by atoms with Crippen LogP contribution in [0.15, 0.2) is 31.1 Å². The second-order valence-corrected chi connectivity index (χ2v) is 16.3. The summed E-state index contributed by atoms with van der Waals surface area (Å²) in [6, 6.07) is 1.35. The molecule has 0 radical (unpaired) electrons. The van der Waals surface area contributed by atoms with Crippen molar-refractivity contribution in [1.82, 2.24) is 24.8 Å². The number of ether oxygens (including phenoxy) is 2. The highest BCUT2D eigenvalue weighted by Crippen LogP contribution is 2.58. The monoisotopic (exact) mass is 843 g/mol. The first-order valence-corrected chi connectivity index (χ1v) is 20.3. The van der Waals surface area contributed by atoms with E-state index in [1.54, 1.807) is 0 Å². The zero-order valence-electron chi connectivity index (χ0n) is 28.2. The molecule has 5 heterocycles. The van der Waals surface area contributed by atoms with E-state index in [0.717, 1.165) is 28.0 Å². The minimum Gasteiger partial charge on any atom is -0.756 e. The molecule has 2 aliphatic rings. The normalized spacial score (nSPS) is 27.9. The number of carbonyl (C=O) groups is 2. The van der Waals surface area contributed by atoms with Crippen LogP contribution in [0.3, 0.4) is 0 Å². The lowest BCUT2D eigenvalue weighted by Crippen LogP contribution is -2.46. The van der Waals surface area contributed by atoms with Gasteiger partial charge in [-0.25, -0.2) is 33.2 Å². The number of phosphoric ester groups is 3. The number of nitrogens with zero attached hydrogens (tertiary/aromatic N) is 5. The number of imidazole rings is 1. The summed E-state index contributed by atoms with van der Waals surface area (Å²) in [5, 5.41) is 44.2. The number of hydrogen-bond acceptors (Lipinski definition) is 19. The van der Waals surface area contributed by atoms with E-state index in [1.807, 2.05) is 0 Å². The standard InChI is InChI=1S/C26H36N7O19P3/c1-12(34)28-4-2-3-13-5-14(26(38)39)7-32(6-13)24-20(37)18(35)15(49-24)8-47-54(43,44)52-55(45,46)48-9-16-19(36)21(51-53(40,41)42)25(50-16)33-11-31-17-22(27)29-10-30-23(17)33/h5-7,10-11,15-16,18-21,24-25,35-37H,2-4,8-9H2,1H3,(H7-,27,28,29,30,34,38,39,40,41,42,43,44,45,46)/t15-,16+,18-,19+,20-,21+,24-,25+/m0/s1. The van der Waals surface area contributed by atoms with Crippen LogP contribution in [0.2, 0.25) is 0 Å². The second-order valence-electron chi connectivity index (χ2n) is 12.1. The third-order valence-corrected chi connectivity index (χ3v) is 11.2. The van der Waals surface area contributed by atoms with Crippen molar-refractivity contribution >= 4 is 52.3 Å². The smallest absolute Gasteiger partial charge is 0.478 e. The van der Waals surface area contributed by atoms with E-state index in [9.17, 15) is 63.3 Å². The summed E-state index contributed by atoms with van der Waals surface area (Å²) in [5.41, 5.74) is 6.02. The van der Waals surface area contributed by atoms with Crippen LogP contribution in [0.1, 0.15) is 41.7 Å². The number of phosphoric acid groups is 3. The molecule has 0 saturated carbocycles. The maximum atomic E-state index is 12.6. The number of carbonyl (C=O) groups excluding carboxylic acids is 1. The zero-order chi connectivity index (χ0) is 40.5. The Hall–Kier alpha value is -3.39. The number of aromatic nitrogens is 5. The lowest BCUT2D eigenvalue weighted by molar-refractivity contribution is -0.766. The van der Waals surface area contributed by atoms with E-state index < -0.39 is 91.7 Å². The van der Waals surface area contributed by atoms with Crippen LogP contribution >= 0.6 is 23.5 Å². The molecule has 3 aromatic rings. The zero-order valence-corrected chi connectivity index (χ0v) is 30.9. The van der Waals surface area contributed by atoms with Gasteiger partial charge in [-0.1, -0.05) is 0 Å². The number of fused-ring (bicyclic) bond motifs is 1. The third-order valence-electron chi connectivity index (χ3n) is 8.07. The number of nitrogens with one attached hydrogen (secondary N) is 1. The van der Waals surface area contributed by atoms with Crippen molar-refractivity contribution in [2.75, 3.05) is 25.5 Å². The molecule has 26 nitrogen and oxygen atoms in total. The number of carboxylic acid groups (broad SMARTS) is 1. The van der Waals surface area contributed by atoms with Gasteiger partial charge < -0.3 is 65.0 Å². The number of aromatic carboxylic acids is 1. The van der Waals surface area contributed by atoms with Gasteiger partial charge in [-0.15, -0.1) is 0 Å². The van der Waals surface area contributed by atoms with Gasteiger partial charge in [-0.05, 0) is 18.9 Å². The number of pyridine rings is 1. The Kier molecular flexibility index (Phi) is 13.2. The van der Waals surface area contributed by atoms with E-state index in [1.165, 1.54) is 19.2 Å². The Labute approximate surface area is 308 Å². The largest absolute Gasteiger partial charge is 0.756 e. The quantitative estimate of drug-likeness (QED) is 0.0375. The Balaban J connectivity index is 1.20. The molecular formula is C26H36N7O19P3. The van der Waals surface area contributed by atoms with Gasteiger partial charge in [0.25, 0.3) is 14.1 Å². The first-order valence-electron chi connectivity index (χ1n) is 15.8. The SMILES string of the molecule is CC(=O)NCCCc1cc(C(=O)O)c[n+]([C@H]2O[C@@H](COP(=O)(O)OP(=O)([O-])OC[C@H]3O[C@@H](n4cnc5c(N)ncnc54)[C@H](OP(=O)(O)O)[C@@H]3O)[C@H](O)[C@@H]2O)c1. The summed E-state index contributed by atoms with van der Waals surface area (Å²) in [7, 11) is -16.8. The molecule has 5 rings (SSSR count). The summed E-state index contributed by atoms with van der Waals surface area (Å²) >= 11 is 0. The van der Waals surface area contributed by atoms with Crippen LogP contribution in [0.5, 0.6) is 0 Å². The predicted octanol–water partition coefficient (Wildman–Crippen LogP) is -2.86. The minimum absolute atomic E-state index is 0.0238. The molecule has 0 aromatic carbocycles. The van der Waals surface area contributed by atoms with Crippen LogP contribution in [-0.2, 0) is 52.3 Å². The summed E-state index contributed by atoms with van der Waals surface area (Å²) < 4.78 is 68.4. The Morgan fingerprint density at radius 2 is 1.71 bits per heavy atom. The number of carboxylic acids is 1. The number of rotatable bonds is 17. The number of hydrogen-bond donors (Lipinski definition) is 9. The molecule has 29 heteroatoms. The number of aliphatic hydroxyl groups is 3. The topological polar surface area (TPSA) is 391 Å². The highest BCUT2D eigenvalue weighted by molar-refractivity contribution is 7.60. The van der Waals surface area contributed by atoms with Gasteiger partial charge in [0.2, 0.25) is 5.91 Å². The Morgan fingerprint density at radius 1 is 1.02 bits per heavy atom. The van der Waals surface area contributed by atoms with Gasteiger partial charge in [0.05, 0.1) is 19.5 Å². The molecule has 2 saturated heterocycles. The van der Waals surface area contributed by atoms with Crippen molar-refractivity contribution in [3.05, 3.63) is 42.2 Å². The number of nitrogen functional groups attached to an aromatic ring is 1. The van der Waals surface area contributed by atoms with Gasteiger partial charge in [-0.2, -0.15) is 4.57 Å². The molecule has 0 aliphatic carbocycles. The molecule has 0 spiro atoms. The lowest BCUT2D eigenvalue weighted by atomic mass is 10.1. The van der Waals surface area contributed by atoms with Crippen molar-refractivity contribution in [2.45, 2.75) is 68.8 Å². The molecule has 55 heavy (non-hydrogen) atoms. The van der Waals surface area contributed by atoms with Crippen LogP contribution < -0.4 is 20.5 Å². The molecule has 0 bridgehead atoms. The molecule has 10 atom stereocenters. The minimum atomic E-state index is -5.83. The summed E-state index contributed by atoms with van der Waals surface area (Å²) in [6.07, 6.45) is -8.48. The first kappa shape index (κ1) is 42.7. The first-order chi connectivity index (χ1) is 25.6. The molecule has 304 valence electrons. The highest BCUT2D eigenvalue weighted by atomic mass is 31.3. The Bertz CT molecular complexity index is 2030. The third kappa shape index (κ3) is 10.7. The van der Waals surface area contributed by atoms with Gasteiger partial charge in [0, 0.05) is 19.0 Å². The van der Waals surface area contributed by atoms with Crippen molar-refractivity contribution in [2.24, 2.45) is 0 Å². The molecule has 2 aliphatic heterocycles. The number of aryl methyl sites for hydroxylation is 1. The number of amides is 1. The molecular weight excluding hydrogens is 807 g/mol. The predicted molar refractivity (Wildman–Crippen MR) is 174 cm³/mol. The van der Waals surface area contributed by atoms with Crippen molar-refractivity contribution in [3.63, 3.8) is 0 Å². The molecule has 10 N–H and O–H groups in total. The summed E-state index contributed by atoms with van der Waals surface area (Å²) in [4.78, 5) is 76.2. The van der Waals surface area contributed by atoms with Crippen molar-refractivity contribution in [1.29, 1.82) is 0 Å². The van der Waals surface area contributed by atoms with E-state index >= 15 is 0 Å². The number of aliphatic hydroxyl groups excluding tert-OH is 3. The van der Waals surface area contributed by atoms with E-state index in [0.29, 0.717) is 24.9 Å². The lowest BCUT2D eigenvalue weighted by Gasteiger charge is -2.26. The highest BCUT2D eigenvalue weighted by Gasteiger charge is 2.51. The summed E-state index contributed by atoms with van der Waals surface area (Å²) in [6.45, 7) is -0.590. The fraction of sp³-hybridized carbons (Fsp3) is 0.538. The average molecular weight is 844 g/mol. The van der Waals surface area contributed by atoms with E-state index in [-0.39, 0.29) is 28.5 Å². The van der Waals surface area contributed by atoms with E-state index in [2.05, 4.69) is 33.6 Å². The van der Waals surface area contributed by atoms with Gasteiger partial charge >= 0.3 is 21.6 Å². The van der Waals surface area contributed by atoms with Crippen LogP contribution in [0.25, 0.3) is 11.2 Å². The summed E-state index contributed by atoms with van der Waals surface area (Å²) in [5.74, 6) is -1.67. The molecule has 3 aromatic heterocycles. The van der Waals surface area contributed by atoms with E-state index in [4.69, 9.17) is 19.7 Å². The molecule has 1 amide bonds.